The molecule has 1 unspecified atom stereocenters. The second-order valence-corrected chi connectivity index (χ2v) is 7.81. The van der Waals surface area contributed by atoms with Crippen molar-refractivity contribution in [1.82, 2.24) is 4.90 Å². The van der Waals surface area contributed by atoms with E-state index >= 15 is 0 Å². The molecule has 1 aliphatic carbocycles. The van der Waals surface area contributed by atoms with Crippen LogP contribution in [0.3, 0.4) is 0 Å². The van der Waals surface area contributed by atoms with Gasteiger partial charge in [0.2, 0.25) is 5.91 Å². The first-order valence-corrected chi connectivity index (χ1v) is 10.3. The number of nitrogens with zero attached hydrogens (tertiary/aromatic N) is 2. The summed E-state index contributed by atoms with van der Waals surface area (Å²) in [5.74, 6) is 2.34. The van der Waals surface area contributed by atoms with Gasteiger partial charge in [-0.3, -0.25) is 4.79 Å². The minimum Gasteiger partial charge on any atom is -0.486 e. The maximum atomic E-state index is 12.9. The molecule has 5 heteroatoms. The lowest BCUT2D eigenvalue weighted by molar-refractivity contribution is -0.131. The van der Waals surface area contributed by atoms with Gasteiger partial charge in [0.25, 0.3) is 0 Å². The zero-order valence-corrected chi connectivity index (χ0v) is 16.1. The predicted molar refractivity (Wildman–Crippen MR) is 108 cm³/mol. The SMILES string of the molecule is O=C(CC1CCc2ccccc21)N1CCN(c2cccc3c2OCCO3)CC1. The molecule has 5 rings (SSSR count). The maximum Gasteiger partial charge on any atom is 0.223 e. The molecule has 1 atom stereocenters. The van der Waals surface area contributed by atoms with E-state index in [0.717, 1.165) is 56.2 Å². The molecule has 0 aromatic heterocycles. The molecule has 0 bridgehead atoms. The molecule has 0 N–H and O–H groups in total. The highest BCUT2D eigenvalue weighted by Crippen LogP contribution is 2.40. The average Bonchev–Trinajstić information content (AvgIpc) is 3.16. The topological polar surface area (TPSA) is 42.0 Å². The molecule has 0 spiro atoms. The van der Waals surface area contributed by atoms with Crippen LogP contribution < -0.4 is 14.4 Å². The van der Waals surface area contributed by atoms with Crippen LogP contribution in [-0.4, -0.2) is 50.2 Å². The number of ether oxygens (including phenoxy) is 2. The Morgan fingerprint density at radius 1 is 0.964 bits per heavy atom. The number of hydrogen-bond acceptors (Lipinski definition) is 4. The molecule has 5 nitrogen and oxygen atoms in total. The van der Waals surface area contributed by atoms with Crippen molar-refractivity contribution >= 4 is 11.6 Å². The van der Waals surface area contributed by atoms with E-state index in [1.54, 1.807) is 0 Å². The van der Waals surface area contributed by atoms with Crippen molar-refractivity contribution in [1.29, 1.82) is 0 Å². The van der Waals surface area contributed by atoms with Gasteiger partial charge in [-0.1, -0.05) is 30.3 Å². The second-order valence-electron chi connectivity index (χ2n) is 7.81. The summed E-state index contributed by atoms with van der Waals surface area (Å²) < 4.78 is 11.6. The zero-order valence-electron chi connectivity index (χ0n) is 16.1. The summed E-state index contributed by atoms with van der Waals surface area (Å²) in [6.45, 7) is 4.36. The molecule has 1 amide bonds. The lowest BCUT2D eigenvalue weighted by Crippen LogP contribution is -2.49. The second kappa shape index (κ2) is 7.38. The number of carbonyl (C=O) groups is 1. The van der Waals surface area contributed by atoms with Gasteiger partial charge in [-0.2, -0.15) is 0 Å². The van der Waals surface area contributed by atoms with Crippen molar-refractivity contribution in [3.8, 4) is 11.5 Å². The quantitative estimate of drug-likeness (QED) is 0.822. The molecule has 1 fully saturated rings. The number of carbonyl (C=O) groups excluding carboxylic acids is 1. The smallest absolute Gasteiger partial charge is 0.223 e. The highest BCUT2D eigenvalue weighted by molar-refractivity contribution is 5.78. The first-order valence-electron chi connectivity index (χ1n) is 10.3. The molecule has 2 aromatic carbocycles. The first kappa shape index (κ1) is 17.4. The highest BCUT2D eigenvalue weighted by atomic mass is 16.6. The van der Waals surface area contributed by atoms with Crippen molar-refractivity contribution < 1.29 is 14.3 Å². The van der Waals surface area contributed by atoms with Crippen molar-refractivity contribution in [3.63, 3.8) is 0 Å². The summed E-state index contributed by atoms with van der Waals surface area (Å²) in [7, 11) is 0. The molecular formula is C23H26N2O3. The van der Waals surface area contributed by atoms with Crippen LogP contribution in [0.15, 0.2) is 42.5 Å². The Bertz CT molecular complexity index is 874. The van der Waals surface area contributed by atoms with Gasteiger partial charge in [0, 0.05) is 32.6 Å². The number of anilines is 1. The van der Waals surface area contributed by atoms with Gasteiger partial charge in [-0.25, -0.2) is 0 Å². The van der Waals surface area contributed by atoms with Crippen LogP contribution in [0.1, 0.15) is 29.9 Å². The number of fused-ring (bicyclic) bond motifs is 2. The highest BCUT2D eigenvalue weighted by Gasteiger charge is 2.29. The molecule has 1 saturated heterocycles. The van der Waals surface area contributed by atoms with Gasteiger partial charge in [0.05, 0.1) is 5.69 Å². The van der Waals surface area contributed by atoms with E-state index in [1.807, 2.05) is 17.0 Å². The number of para-hydroxylation sites is 1. The fourth-order valence-corrected chi connectivity index (χ4v) is 4.70. The van der Waals surface area contributed by atoms with Gasteiger partial charge < -0.3 is 19.3 Å². The third-order valence-electron chi connectivity index (χ3n) is 6.20. The Labute approximate surface area is 165 Å². The van der Waals surface area contributed by atoms with Gasteiger partial charge in [0.15, 0.2) is 11.5 Å². The van der Waals surface area contributed by atoms with Crippen LogP contribution >= 0.6 is 0 Å². The van der Waals surface area contributed by atoms with E-state index in [2.05, 4.69) is 35.2 Å². The standard InChI is InChI=1S/C23H26N2O3/c26-22(16-18-9-8-17-4-1-2-5-19(17)18)25-12-10-24(11-13-25)20-6-3-7-21-23(20)28-15-14-27-21/h1-7,18H,8-16H2. The fourth-order valence-electron chi connectivity index (χ4n) is 4.70. The Balaban J connectivity index is 1.22. The Morgan fingerprint density at radius 2 is 1.79 bits per heavy atom. The molecule has 2 aromatic rings. The monoisotopic (exact) mass is 378 g/mol. The van der Waals surface area contributed by atoms with E-state index in [-0.39, 0.29) is 5.91 Å². The number of hydrogen-bond donors (Lipinski definition) is 0. The summed E-state index contributed by atoms with van der Waals surface area (Å²) >= 11 is 0. The lowest BCUT2D eigenvalue weighted by atomic mass is 9.97. The zero-order chi connectivity index (χ0) is 18.9. The van der Waals surface area contributed by atoms with Gasteiger partial charge in [-0.05, 0) is 42.0 Å². The number of aryl methyl sites for hydroxylation is 1. The average molecular weight is 378 g/mol. The summed E-state index contributed by atoms with van der Waals surface area (Å²) in [5, 5.41) is 0. The number of rotatable bonds is 3. The number of benzene rings is 2. The van der Waals surface area contributed by atoms with Crippen LogP contribution in [-0.2, 0) is 11.2 Å². The first-order chi connectivity index (χ1) is 13.8. The molecule has 3 aliphatic rings. The Hall–Kier alpha value is -2.69. The molecule has 146 valence electrons. The molecule has 2 heterocycles. The van der Waals surface area contributed by atoms with Crippen LogP contribution in [0.5, 0.6) is 11.5 Å². The summed E-state index contributed by atoms with van der Waals surface area (Å²) in [6, 6.07) is 14.6. The summed E-state index contributed by atoms with van der Waals surface area (Å²) in [5.41, 5.74) is 3.87. The van der Waals surface area contributed by atoms with E-state index in [0.29, 0.717) is 25.6 Å². The Kier molecular flexibility index (Phi) is 4.59. The van der Waals surface area contributed by atoms with E-state index in [1.165, 1.54) is 11.1 Å². The van der Waals surface area contributed by atoms with Crippen LogP contribution in [0.2, 0.25) is 0 Å². The molecule has 0 radical (unpaired) electrons. The summed E-state index contributed by atoms with van der Waals surface area (Å²) in [6.07, 6.45) is 2.83. The van der Waals surface area contributed by atoms with Gasteiger partial charge >= 0.3 is 0 Å². The van der Waals surface area contributed by atoms with Crippen LogP contribution in [0.4, 0.5) is 5.69 Å². The third-order valence-corrected chi connectivity index (χ3v) is 6.20. The predicted octanol–water partition coefficient (Wildman–Crippen LogP) is 3.23. The van der Waals surface area contributed by atoms with Crippen LogP contribution in [0, 0.1) is 0 Å². The molecule has 2 aliphatic heterocycles. The minimum absolute atomic E-state index is 0.288. The largest absolute Gasteiger partial charge is 0.486 e. The van der Waals surface area contributed by atoms with Gasteiger partial charge in [0.1, 0.15) is 13.2 Å². The van der Waals surface area contributed by atoms with E-state index in [9.17, 15) is 4.79 Å². The molecule has 28 heavy (non-hydrogen) atoms. The number of piperazine rings is 1. The van der Waals surface area contributed by atoms with Crippen molar-refractivity contribution in [2.24, 2.45) is 0 Å². The van der Waals surface area contributed by atoms with Crippen molar-refractivity contribution in [2.75, 3.05) is 44.3 Å². The third kappa shape index (κ3) is 3.19. The fraction of sp³-hybridized carbons (Fsp3) is 0.435. The lowest BCUT2D eigenvalue weighted by Gasteiger charge is -2.37. The van der Waals surface area contributed by atoms with E-state index in [4.69, 9.17) is 9.47 Å². The maximum absolute atomic E-state index is 12.9. The van der Waals surface area contributed by atoms with Crippen molar-refractivity contribution in [2.45, 2.75) is 25.2 Å². The normalized spacial score (nSPS) is 20.8. The summed E-state index contributed by atoms with van der Waals surface area (Å²) in [4.78, 5) is 17.2. The molecular weight excluding hydrogens is 352 g/mol. The van der Waals surface area contributed by atoms with Gasteiger partial charge in [-0.15, -0.1) is 0 Å². The van der Waals surface area contributed by atoms with Crippen LogP contribution in [0.25, 0.3) is 0 Å². The Morgan fingerprint density at radius 3 is 2.68 bits per heavy atom. The molecule has 0 saturated carbocycles. The minimum atomic E-state index is 0.288. The van der Waals surface area contributed by atoms with E-state index < -0.39 is 0 Å². The number of amides is 1. The van der Waals surface area contributed by atoms with Crippen molar-refractivity contribution in [3.05, 3.63) is 53.6 Å².